The van der Waals surface area contributed by atoms with Crippen molar-refractivity contribution in [2.24, 2.45) is 0 Å². The molecule has 1 aromatic carbocycles. The first kappa shape index (κ1) is 14.1. The number of carbonyl (C=O) groups excluding carboxylic acids is 1. The van der Waals surface area contributed by atoms with E-state index in [1.165, 1.54) is 11.0 Å². The molecule has 0 aliphatic heterocycles. The summed E-state index contributed by atoms with van der Waals surface area (Å²) in [5.41, 5.74) is 0.579. The van der Waals surface area contributed by atoms with Gasteiger partial charge in [0.2, 0.25) is 5.91 Å². The van der Waals surface area contributed by atoms with Crippen LogP contribution >= 0.6 is 0 Å². The molecule has 1 rings (SSSR count). The number of likely N-dealkylation sites (N-methyl/N-ethyl adjacent to an activating group) is 2. The third kappa shape index (κ3) is 3.81. The number of nitrogens with one attached hydrogen (secondary N) is 1. The van der Waals surface area contributed by atoms with Crippen LogP contribution in [-0.2, 0) is 11.3 Å². The number of nitro benzene ring substituents is 1. The summed E-state index contributed by atoms with van der Waals surface area (Å²) < 4.78 is 0. The SMILES string of the molecule is CCNCC(=O)N(C)Cc1ccccc1[N+](=O)[O-]. The monoisotopic (exact) mass is 251 g/mol. The second kappa shape index (κ2) is 6.70. The normalized spacial score (nSPS) is 10.1. The van der Waals surface area contributed by atoms with Crippen LogP contribution in [0.15, 0.2) is 24.3 Å². The molecular formula is C12H17N3O3. The Morgan fingerprint density at radius 3 is 2.72 bits per heavy atom. The van der Waals surface area contributed by atoms with Crippen LogP contribution in [0.3, 0.4) is 0 Å². The zero-order valence-electron chi connectivity index (χ0n) is 10.5. The summed E-state index contributed by atoms with van der Waals surface area (Å²) in [6.07, 6.45) is 0. The first-order chi connectivity index (χ1) is 8.56. The van der Waals surface area contributed by atoms with Crippen molar-refractivity contribution in [1.82, 2.24) is 10.2 Å². The van der Waals surface area contributed by atoms with Gasteiger partial charge in [-0.3, -0.25) is 14.9 Å². The molecule has 0 fully saturated rings. The first-order valence-corrected chi connectivity index (χ1v) is 5.73. The highest BCUT2D eigenvalue weighted by molar-refractivity contribution is 5.78. The van der Waals surface area contributed by atoms with Gasteiger partial charge >= 0.3 is 0 Å². The summed E-state index contributed by atoms with van der Waals surface area (Å²) in [6, 6.07) is 6.44. The molecule has 0 aromatic heterocycles. The zero-order valence-corrected chi connectivity index (χ0v) is 10.5. The van der Waals surface area contributed by atoms with Crippen molar-refractivity contribution in [3.63, 3.8) is 0 Å². The Kier molecular flexibility index (Phi) is 5.26. The number of hydrogen-bond donors (Lipinski definition) is 1. The Morgan fingerprint density at radius 2 is 2.11 bits per heavy atom. The highest BCUT2D eigenvalue weighted by Gasteiger charge is 2.16. The van der Waals surface area contributed by atoms with Crippen LogP contribution in [0.5, 0.6) is 0 Å². The van der Waals surface area contributed by atoms with Crippen LogP contribution in [0.25, 0.3) is 0 Å². The lowest BCUT2D eigenvalue weighted by atomic mass is 10.1. The molecule has 0 aliphatic rings. The Balaban J connectivity index is 2.72. The maximum atomic E-state index is 11.7. The highest BCUT2D eigenvalue weighted by atomic mass is 16.6. The average Bonchev–Trinajstić information content (AvgIpc) is 2.36. The van der Waals surface area contributed by atoms with Crippen LogP contribution in [0.2, 0.25) is 0 Å². The molecule has 0 radical (unpaired) electrons. The van der Waals surface area contributed by atoms with E-state index in [9.17, 15) is 14.9 Å². The summed E-state index contributed by atoms with van der Waals surface area (Å²) in [6.45, 7) is 3.11. The fourth-order valence-electron chi connectivity index (χ4n) is 1.53. The smallest absolute Gasteiger partial charge is 0.274 e. The molecular weight excluding hydrogens is 234 g/mol. The number of nitrogens with zero attached hydrogens (tertiary/aromatic N) is 2. The van der Waals surface area contributed by atoms with Crippen molar-refractivity contribution >= 4 is 11.6 Å². The quantitative estimate of drug-likeness (QED) is 0.608. The Morgan fingerprint density at radius 1 is 1.44 bits per heavy atom. The molecule has 0 atom stereocenters. The molecule has 0 saturated carbocycles. The molecule has 6 heteroatoms. The van der Waals surface area contributed by atoms with Crippen LogP contribution in [0, 0.1) is 10.1 Å². The van der Waals surface area contributed by atoms with E-state index >= 15 is 0 Å². The minimum atomic E-state index is -0.433. The lowest BCUT2D eigenvalue weighted by Crippen LogP contribution is -2.35. The predicted molar refractivity (Wildman–Crippen MR) is 68.1 cm³/mol. The Hall–Kier alpha value is -1.95. The van der Waals surface area contributed by atoms with Crippen LogP contribution < -0.4 is 5.32 Å². The van der Waals surface area contributed by atoms with Gasteiger partial charge in [0.05, 0.1) is 18.0 Å². The number of hydrogen-bond acceptors (Lipinski definition) is 4. The van der Waals surface area contributed by atoms with Crippen molar-refractivity contribution in [3.8, 4) is 0 Å². The van der Waals surface area contributed by atoms with Gasteiger partial charge in [0.15, 0.2) is 0 Å². The molecule has 0 unspecified atom stereocenters. The molecule has 6 nitrogen and oxygen atoms in total. The Bertz CT molecular complexity index is 434. The zero-order chi connectivity index (χ0) is 13.5. The van der Waals surface area contributed by atoms with Gasteiger partial charge in [-0.15, -0.1) is 0 Å². The number of benzene rings is 1. The van der Waals surface area contributed by atoms with Crippen molar-refractivity contribution in [3.05, 3.63) is 39.9 Å². The van der Waals surface area contributed by atoms with E-state index in [0.717, 1.165) is 0 Å². The Labute approximate surface area is 106 Å². The predicted octanol–water partition coefficient (Wildman–Crippen LogP) is 1.16. The fraction of sp³-hybridized carbons (Fsp3) is 0.417. The first-order valence-electron chi connectivity index (χ1n) is 5.73. The highest BCUT2D eigenvalue weighted by Crippen LogP contribution is 2.18. The number of amides is 1. The van der Waals surface area contributed by atoms with Crippen molar-refractivity contribution < 1.29 is 9.72 Å². The molecule has 0 saturated heterocycles. The lowest BCUT2D eigenvalue weighted by Gasteiger charge is -2.17. The molecule has 18 heavy (non-hydrogen) atoms. The third-order valence-corrected chi connectivity index (χ3v) is 2.55. The second-order valence-corrected chi connectivity index (χ2v) is 3.92. The van der Waals surface area contributed by atoms with E-state index in [1.807, 2.05) is 6.92 Å². The topological polar surface area (TPSA) is 75.5 Å². The third-order valence-electron chi connectivity index (χ3n) is 2.55. The van der Waals surface area contributed by atoms with Gasteiger partial charge in [0.25, 0.3) is 5.69 Å². The molecule has 1 amide bonds. The molecule has 0 spiro atoms. The summed E-state index contributed by atoms with van der Waals surface area (Å²) >= 11 is 0. The van der Waals surface area contributed by atoms with Crippen LogP contribution in [0.4, 0.5) is 5.69 Å². The maximum absolute atomic E-state index is 11.7. The van der Waals surface area contributed by atoms with Crippen molar-refractivity contribution in [2.45, 2.75) is 13.5 Å². The number of rotatable bonds is 6. The minimum Gasteiger partial charge on any atom is -0.340 e. The number of para-hydroxylation sites is 1. The van der Waals surface area contributed by atoms with Gasteiger partial charge < -0.3 is 10.2 Å². The molecule has 0 heterocycles. The van der Waals surface area contributed by atoms with E-state index in [4.69, 9.17) is 0 Å². The molecule has 0 aliphatic carbocycles. The second-order valence-electron chi connectivity index (χ2n) is 3.92. The van der Waals surface area contributed by atoms with E-state index in [0.29, 0.717) is 12.1 Å². The van der Waals surface area contributed by atoms with E-state index in [-0.39, 0.29) is 24.7 Å². The minimum absolute atomic E-state index is 0.0422. The average molecular weight is 251 g/mol. The summed E-state index contributed by atoms with van der Waals surface area (Å²) in [7, 11) is 1.64. The van der Waals surface area contributed by atoms with E-state index in [2.05, 4.69) is 5.32 Å². The standard InChI is InChI=1S/C12H17N3O3/c1-3-13-8-12(16)14(2)9-10-6-4-5-7-11(10)15(17)18/h4-7,13H,3,8-9H2,1-2H3. The maximum Gasteiger partial charge on any atom is 0.274 e. The van der Waals surface area contributed by atoms with Gasteiger partial charge in [-0.05, 0) is 6.54 Å². The van der Waals surface area contributed by atoms with Gasteiger partial charge in [0.1, 0.15) is 0 Å². The van der Waals surface area contributed by atoms with E-state index < -0.39 is 4.92 Å². The molecule has 1 N–H and O–H groups in total. The van der Waals surface area contributed by atoms with Crippen LogP contribution in [-0.4, -0.2) is 35.9 Å². The fourth-order valence-corrected chi connectivity index (χ4v) is 1.53. The number of carbonyl (C=O) groups is 1. The summed E-state index contributed by atoms with van der Waals surface area (Å²) in [5.74, 6) is -0.0880. The van der Waals surface area contributed by atoms with Crippen molar-refractivity contribution in [1.29, 1.82) is 0 Å². The summed E-state index contributed by atoms with van der Waals surface area (Å²) in [5, 5.41) is 13.8. The molecule has 1 aromatic rings. The number of nitro groups is 1. The molecule has 0 bridgehead atoms. The van der Waals surface area contributed by atoms with Gasteiger partial charge in [-0.1, -0.05) is 25.1 Å². The molecule has 98 valence electrons. The lowest BCUT2D eigenvalue weighted by molar-refractivity contribution is -0.385. The van der Waals surface area contributed by atoms with Gasteiger partial charge in [0, 0.05) is 18.7 Å². The van der Waals surface area contributed by atoms with Crippen LogP contribution in [0.1, 0.15) is 12.5 Å². The summed E-state index contributed by atoms with van der Waals surface area (Å²) in [4.78, 5) is 23.6. The van der Waals surface area contributed by atoms with Crippen molar-refractivity contribution in [2.75, 3.05) is 20.1 Å². The van der Waals surface area contributed by atoms with Gasteiger partial charge in [-0.2, -0.15) is 0 Å². The largest absolute Gasteiger partial charge is 0.340 e. The van der Waals surface area contributed by atoms with Gasteiger partial charge in [-0.25, -0.2) is 0 Å². The van der Waals surface area contributed by atoms with E-state index in [1.54, 1.807) is 25.2 Å².